The van der Waals surface area contributed by atoms with Crippen molar-refractivity contribution >= 4 is 34.5 Å². The highest BCUT2D eigenvalue weighted by Crippen LogP contribution is 2.28. The fourth-order valence-electron chi connectivity index (χ4n) is 3.85. The molecule has 0 aliphatic heterocycles. The van der Waals surface area contributed by atoms with Crippen LogP contribution in [0.15, 0.2) is 79.4 Å². The molecule has 196 valence electrons. The molecule has 4 rings (SSSR count). The molecule has 1 atom stereocenters. The summed E-state index contributed by atoms with van der Waals surface area (Å²) in [4.78, 5) is 29.6. The van der Waals surface area contributed by atoms with E-state index in [2.05, 4.69) is 50.2 Å². The molecule has 0 bridgehead atoms. The van der Waals surface area contributed by atoms with E-state index in [0.717, 1.165) is 11.1 Å². The smallest absolute Gasteiger partial charge is 0.257 e. The van der Waals surface area contributed by atoms with Crippen LogP contribution < -0.4 is 16.0 Å². The molecule has 7 nitrogen and oxygen atoms in total. The van der Waals surface area contributed by atoms with E-state index in [4.69, 9.17) is 4.98 Å². The zero-order chi connectivity index (χ0) is 27.4. The Morgan fingerprint density at radius 3 is 2.47 bits per heavy atom. The van der Waals surface area contributed by atoms with Crippen molar-refractivity contribution in [1.29, 1.82) is 0 Å². The van der Waals surface area contributed by atoms with Gasteiger partial charge in [-0.05, 0) is 78.6 Å². The second-order valence-corrected chi connectivity index (χ2v) is 10.3. The van der Waals surface area contributed by atoms with E-state index in [-0.39, 0.29) is 11.3 Å². The second kappa shape index (κ2) is 11.0. The van der Waals surface area contributed by atoms with Gasteiger partial charge in [-0.1, -0.05) is 39.5 Å². The number of benzene rings is 3. The first kappa shape index (κ1) is 26.8. The number of hydrogen-bond donors (Lipinski definition) is 3. The van der Waals surface area contributed by atoms with Crippen LogP contribution in [-0.2, 0) is 11.3 Å². The Labute approximate surface area is 221 Å². The Balaban J connectivity index is 1.74. The maximum Gasteiger partial charge on any atom is 0.257 e. The van der Waals surface area contributed by atoms with Crippen LogP contribution in [0.3, 0.4) is 0 Å². The molecule has 0 saturated carbocycles. The van der Waals surface area contributed by atoms with Crippen LogP contribution in [0.5, 0.6) is 0 Å². The third-order valence-electron chi connectivity index (χ3n) is 6.52. The van der Waals surface area contributed by atoms with Crippen LogP contribution in [0.25, 0.3) is 16.7 Å². The first-order chi connectivity index (χ1) is 18.0. The monoisotopic (exact) mass is 513 g/mol. The van der Waals surface area contributed by atoms with Crippen molar-refractivity contribution in [2.75, 3.05) is 10.6 Å². The highest BCUT2D eigenvalue weighted by Gasteiger charge is 2.20. The molecule has 0 unspecified atom stereocenters. The predicted molar refractivity (Wildman–Crippen MR) is 150 cm³/mol. The Morgan fingerprint density at radius 2 is 1.79 bits per heavy atom. The van der Waals surface area contributed by atoms with Crippen LogP contribution in [0, 0.1) is 11.2 Å². The number of fused-ring (bicyclic) bond motifs is 1. The summed E-state index contributed by atoms with van der Waals surface area (Å²) in [6, 6.07) is 18.8. The van der Waals surface area contributed by atoms with Gasteiger partial charge in [0.15, 0.2) is 0 Å². The lowest BCUT2D eigenvalue weighted by molar-refractivity contribution is -0.111. The summed E-state index contributed by atoms with van der Waals surface area (Å²) < 4.78 is 15.2. The average molecular weight is 514 g/mol. The van der Waals surface area contributed by atoms with Gasteiger partial charge in [0.1, 0.15) is 5.82 Å². The largest absolute Gasteiger partial charge is 0.322 e. The number of carbonyl (C=O) groups excluding carboxylic acids is 2. The van der Waals surface area contributed by atoms with Crippen molar-refractivity contribution in [3.05, 3.63) is 96.3 Å². The predicted octanol–water partition coefficient (Wildman–Crippen LogP) is 6.07. The van der Waals surface area contributed by atoms with E-state index in [1.165, 1.54) is 30.3 Å². The number of hydrogen-bond acceptors (Lipinski definition) is 4. The van der Waals surface area contributed by atoms with Crippen molar-refractivity contribution in [3.8, 4) is 5.69 Å². The Morgan fingerprint density at radius 1 is 1.05 bits per heavy atom. The number of aromatic nitrogens is 2. The first-order valence-corrected chi connectivity index (χ1v) is 12.4. The standard InChI is InChI=1S/C30H32FN5O2/c1-6-27(37)33-23-8-7-9-24(17-23)36-26-15-10-20(18-32-19(2)30(3,4)5)16-25(26)34-29(36)35-28(38)21-11-13-22(31)14-12-21/h6-17,19,32H,1,18H2,2-5H3,(H,33,37)(H,34,35,38)/t19-/m0/s1. The van der Waals surface area contributed by atoms with Gasteiger partial charge in [0.2, 0.25) is 11.9 Å². The summed E-state index contributed by atoms with van der Waals surface area (Å²) in [7, 11) is 0. The Kier molecular flexibility index (Phi) is 7.73. The van der Waals surface area contributed by atoms with Gasteiger partial charge >= 0.3 is 0 Å². The summed E-state index contributed by atoms with van der Waals surface area (Å²) in [6.45, 7) is 12.9. The average Bonchev–Trinajstić information content (AvgIpc) is 3.24. The molecule has 0 aliphatic carbocycles. The van der Waals surface area contributed by atoms with Crippen LogP contribution in [0.1, 0.15) is 43.6 Å². The van der Waals surface area contributed by atoms with Crippen LogP contribution >= 0.6 is 0 Å². The third-order valence-corrected chi connectivity index (χ3v) is 6.52. The molecule has 0 radical (unpaired) electrons. The molecule has 3 aromatic carbocycles. The van der Waals surface area contributed by atoms with Gasteiger partial charge in [0.05, 0.1) is 16.7 Å². The highest BCUT2D eigenvalue weighted by atomic mass is 19.1. The molecule has 1 aromatic heterocycles. The van der Waals surface area contributed by atoms with E-state index >= 15 is 0 Å². The number of amides is 2. The molecule has 4 aromatic rings. The number of nitrogens with zero attached hydrogens (tertiary/aromatic N) is 2. The van der Waals surface area contributed by atoms with Crippen LogP contribution in [-0.4, -0.2) is 27.4 Å². The molecule has 1 heterocycles. The van der Waals surface area contributed by atoms with Crippen LogP contribution in [0.2, 0.25) is 0 Å². The fraction of sp³-hybridized carbons (Fsp3) is 0.233. The second-order valence-electron chi connectivity index (χ2n) is 10.3. The van der Waals surface area contributed by atoms with E-state index in [1.807, 2.05) is 28.8 Å². The summed E-state index contributed by atoms with van der Waals surface area (Å²) in [5.41, 5.74) is 4.22. The van der Waals surface area contributed by atoms with Crippen molar-refractivity contribution in [2.45, 2.75) is 40.3 Å². The summed E-state index contributed by atoms with van der Waals surface area (Å²) >= 11 is 0. The lowest BCUT2D eigenvalue weighted by atomic mass is 9.88. The Bertz CT molecular complexity index is 1490. The Hall–Kier alpha value is -4.30. The summed E-state index contributed by atoms with van der Waals surface area (Å²) in [5.74, 6) is -0.869. The number of halogens is 1. The minimum absolute atomic E-state index is 0.121. The molecule has 2 amide bonds. The number of anilines is 2. The molecule has 3 N–H and O–H groups in total. The fourth-order valence-corrected chi connectivity index (χ4v) is 3.85. The van der Waals surface area contributed by atoms with Crippen molar-refractivity contribution in [1.82, 2.24) is 14.9 Å². The van der Waals surface area contributed by atoms with E-state index in [9.17, 15) is 14.0 Å². The molecule has 0 aliphatic rings. The quantitative estimate of drug-likeness (QED) is 0.250. The molecule has 0 fully saturated rings. The minimum atomic E-state index is -0.422. The molecule has 38 heavy (non-hydrogen) atoms. The SMILES string of the molecule is C=CC(=O)Nc1cccc(-n2c(NC(=O)c3ccc(F)cc3)nc3cc(CN[C@@H](C)C(C)(C)C)ccc32)c1. The maximum atomic E-state index is 13.4. The number of imidazole rings is 1. The minimum Gasteiger partial charge on any atom is -0.322 e. The first-order valence-electron chi connectivity index (χ1n) is 12.4. The summed E-state index contributed by atoms with van der Waals surface area (Å²) in [6.07, 6.45) is 1.20. The lowest BCUT2D eigenvalue weighted by Crippen LogP contribution is -2.37. The van der Waals surface area contributed by atoms with Gasteiger partial charge in [-0.15, -0.1) is 0 Å². The maximum absolute atomic E-state index is 13.4. The van der Waals surface area contributed by atoms with Gasteiger partial charge in [0.25, 0.3) is 5.91 Å². The number of nitrogens with one attached hydrogen (secondary N) is 3. The van der Waals surface area contributed by atoms with Gasteiger partial charge < -0.3 is 10.6 Å². The topological polar surface area (TPSA) is 88.1 Å². The van der Waals surface area contributed by atoms with Crippen LogP contribution in [0.4, 0.5) is 16.0 Å². The van der Waals surface area contributed by atoms with Crippen molar-refractivity contribution in [3.63, 3.8) is 0 Å². The summed E-state index contributed by atoms with van der Waals surface area (Å²) in [5, 5.41) is 9.19. The van der Waals surface area contributed by atoms with E-state index < -0.39 is 11.7 Å². The zero-order valence-electron chi connectivity index (χ0n) is 22.0. The van der Waals surface area contributed by atoms with Gasteiger partial charge in [-0.25, -0.2) is 9.37 Å². The van der Waals surface area contributed by atoms with Crippen molar-refractivity contribution < 1.29 is 14.0 Å². The van der Waals surface area contributed by atoms with Crippen molar-refractivity contribution in [2.24, 2.45) is 5.41 Å². The zero-order valence-corrected chi connectivity index (χ0v) is 22.0. The molecule has 0 spiro atoms. The normalized spacial score (nSPS) is 12.2. The van der Waals surface area contributed by atoms with Gasteiger partial charge in [-0.2, -0.15) is 0 Å². The molecular weight excluding hydrogens is 481 g/mol. The van der Waals surface area contributed by atoms with E-state index in [0.29, 0.717) is 41.0 Å². The molecular formula is C30H32FN5O2. The number of carbonyl (C=O) groups is 2. The van der Waals surface area contributed by atoms with E-state index in [1.54, 1.807) is 18.2 Å². The van der Waals surface area contributed by atoms with Gasteiger partial charge in [0, 0.05) is 23.8 Å². The van der Waals surface area contributed by atoms with Gasteiger partial charge in [-0.3, -0.25) is 19.5 Å². The molecule has 8 heteroatoms. The lowest BCUT2D eigenvalue weighted by Gasteiger charge is -2.28. The number of rotatable bonds is 8. The highest BCUT2D eigenvalue weighted by molar-refractivity contribution is 6.04. The third kappa shape index (κ3) is 6.15. The molecule has 0 saturated heterocycles.